The average Bonchev–Trinajstić information content (AvgIpc) is 3.44. The third-order valence-electron chi connectivity index (χ3n) is 5.48. The zero-order valence-corrected chi connectivity index (χ0v) is 15.0. The monoisotopic (exact) mass is 349 g/mol. The molecule has 0 spiro atoms. The molecule has 1 saturated carbocycles. The summed E-state index contributed by atoms with van der Waals surface area (Å²) in [6.45, 7) is 4.91. The van der Waals surface area contributed by atoms with Gasteiger partial charge in [-0.3, -0.25) is 14.9 Å². The van der Waals surface area contributed by atoms with Crippen molar-refractivity contribution in [3.8, 4) is 0 Å². The van der Waals surface area contributed by atoms with Crippen LogP contribution in [0.25, 0.3) is 5.65 Å². The first-order valence-electron chi connectivity index (χ1n) is 9.48. The van der Waals surface area contributed by atoms with Crippen LogP contribution in [0.1, 0.15) is 60.4 Å². The minimum absolute atomic E-state index is 0.423. The predicted octanol–water partition coefficient (Wildman–Crippen LogP) is 2.48. The van der Waals surface area contributed by atoms with Crippen LogP contribution in [0.3, 0.4) is 0 Å². The molecule has 7 nitrogen and oxygen atoms in total. The predicted molar refractivity (Wildman–Crippen MR) is 96.8 cm³/mol. The summed E-state index contributed by atoms with van der Waals surface area (Å²) in [4.78, 5) is 11.3. The van der Waals surface area contributed by atoms with Crippen molar-refractivity contribution in [3.63, 3.8) is 0 Å². The Morgan fingerprint density at radius 2 is 1.81 bits per heavy atom. The van der Waals surface area contributed by atoms with E-state index in [4.69, 9.17) is 5.10 Å². The highest BCUT2D eigenvalue weighted by Crippen LogP contribution is 2.39. The molecular formula is C19H23N7. The molecule has 0 bridgehead atoms. The molecule has 1 aliphatic carbocycles. The van der Waals surface area contributed by atoms with Gasteiger partial charge in [-0.1, -0.05) is 0 Å². The van der Waals surface area contributed by atoms with Crippen LogP contribution in [-0.4, -0.2) is 47.8 Å². The van der Waals surface area contributed by atoms with Gasteiger partial charge in [0.2, 0.25) is 0 Å². The second-order valence-corrected chi connectivity index (χ2v) is 7.56. The van der Waals surface area contributed by atoms with E-state index in [0.29, 0.717) is 11.8 Å². The fraction of sp³-hybridized carbons (Fsp3) is 0.526. The van der Waals surface area contributed by atoms with Crippen LogP contribution in [-0.2, 0) is 6.54 Å². The topological polar surface area (TPSA) is 72.1 Å². The maximum absolute atomic E-state index is 4.83. The van der Waals surface area contributed by atoms with E-state index in [9.17, 15) is 0 Å². The first kappa shape index (κ1) is 15.8. The molecule has 3 aromatic heterocycles. The Morgan fingerprint density at radius 1 is 0.962 bits per heavy atom. The van der Waals surface area contributed by atoms with E-state index < -0.39 is 0 Å². The molecule has 5 rings (SSSR count). The lowest BCUT2D eigenvalue weighted by Gasteiger charge is -2.30. The number of hydrogen-bond acceptors (Lipinski definition) is 6. The number of aromatic nitrogens is 6. The van der Waals surface area contributed by atoms with Crippen LogP contribution < -0.4 is 0 Å². The number of piperidine rings is 1. The zero-order valence-electron chi connectivity index (χ0n) is 15.0. The highest BCUT2D eigenvalue weighted by Gasteiger charge is 2.28. The molecule has 0 atom stereocenters. The van der Waals surface area contributed by atoms with Crippen molar-refractivity contribution < 1.29 is 0 Å². The largest absolute Gasteiger partial charge is 0.297 e. The quantitative estimate of drug-likeness (QED) is 0.720. The smallest absolute Gasteiger partial charge is 0.177 e. The molecule has 1 aliphatic heterocycles. The summed E-state index contributed by atoms with van der Waals surface area (Å²) < 4.78 is 1.99. The van der Waals surface area contributed by atoms with Crippen LogP contribution in [0.4, 0.5) is 0 Å². The standard InChI is InChI=1S/C19H23N7/c1-13-10-21-16(11-20-13)12-25-8-6-15(7-9-25)19-23-22-18-5-4-17(14-2-3-14)24-26(18)19/h4-5,10-11,14-15H,2-3,6-9,12H2,1H3. The number of rotatable bonds is 4. The SMILES string of the molecule is Cc1cnc(CN2CCC(c3nnc4ccc(C5CC5)nn34)CC2)cn1. The van der Waals surface area contributed by atoms with Crippen LogP contribution in [0.2, 0.25) is 0 Å². The van der Waals surface area contributed by atoms with Gasteiger partial charge in [0.15, 0.2) is 11.5 Å². The zero-order chi connectivity index (χ0) is 17.5. The molecule has 7 heteroatoms. The van der Waals surface area contributed by atoms with Crippen molar-refractivity contribution in [2.75, 3.05) is 13.1 Å². The van der Waals surface area contributed by atoms with E-state index in [1.54, 1.807) is 0 Å². The van der Waals surface area contributed by atoms with E-state index in [2.05, 4.69) is 37.2 Å². The normalized spacial score (nSPS) is 19.3. The molecule has 0 N–H and O–H groups in total. The molecule has 2 fully saturated rings. The van der Waals surface area contributed by atoms with Gasteiger partial charge in [-0.05, 0) is 57.8 Å². The lowest BCUT2D eigenvalue weighted by Crippen LogP contribution is -2.33. The van der Waals surface area contributed by atoms with Crippen LogP contribution >= 0.6 is 0 Å². The molecule has 0 aromatic carbocycles. The van der Waals surface area contributed by atoms with E-state index in [1.807, 2.05) is 23.8 Å². The van der Waals surface area contributed by atoms with Crippen molar-refractivity contribution in [2.24, 2.45) is 0 Å². The van der Waals surface area contributed by atoms with Gasteiger partial charge in [0, 0.05) is 30.8 Å². The molecule has 2 aliphatic rings. The minimum Gasteiger partial charge on any atom is -0.297 e. The average molecular weight is 349 g/mol. The Kier molecular flexibility index (Phi) is 3.89. The Balaban J connectivity index is 1.28. The number of aryl methyl sites for hydroxylation is 1. The van der Waals surface area contributed by atoms with Gasteiger partial charge in [-0.25, -0.2) is 0 Å². The van der Waals surface area contributed by atoms with Gasteiger partial charge in [-0.15, -0.1) is 10.2 Å². The highest BCUT2D eigenvalue weighted by molar-refractivity contribution is 5.38. The Bertz CT molecular complexity index is 905. The Hall–Kier alpha value is -2.41. The van der Waals surface area contributed by atoms with Crippen molar-refractivity contribution >= 4 is 5.65 Å². The fourth-order valence-electron chi connectivity index (χ4n) is 3.75. The summed E-state index contributed by atoms with van der Waals surface area (Å²) in [5.41, 5.74) is 4.05. The van der Waals surface area contributed by atoms with Crippen molar-refractivity contribution in [1.29, 1.82) is 0 Å². The molecule has 26 heavy (non-hydrogen) atoms. The lowest BCUT2D eigenvalue weighted by atomic mass is 9.96. The van der Waals surface area contributed by atoms with Crippen molar-refractivity contribution in [3.05, 3.63) is 47.4 Å². The van der Waals surface area contributed by atoms with Gasteiger partial charge in [0.25, 0.3) is 0 Å². The van der Waals surface area contributed by atoms with Crippen LogP contribution in [0.15, 0.2) is 24.5 Å². The number of likely N-dealkylation sites (tertiary alicyclic amines) is 1. The summed E-state index contributed by atoms with van der Waals surface area (Å²) in [6.07, 6.45) is 8.40. The maximum atomic E-state index is 4.83. The third kappa shape index (κ3) is 3.07. The molecule has 3 aromatic rings. The van der Waals surface area contributed by atoms with E-state index in [1.165, 1.54) is 18.5 Å². The number of fused-ring (bicyclic) bond motifs is 1. The number of nitrogens with zero attached hydrogens (tertiary/aromatic N) is 7. The van der Waals surface area contributed by atoms with Gasteiger partial charge in [0.05, 0.1) is 17.1 Å². The summed E-state index contributed by atoms with van der Waals surface area (Å²) in [7, 11) is 0. The summed E-state index contributed by atoms with van der Waals surface area (Å²) in [5, 5.41) is 13.6. The molecular weight excluding hydrogens is 326 g/mol. The van der Waals surface area contributed by atoms with Gasteiger partial charge < -0.3 is 0 Å². The molecule has 0 radical (unpaired) electrons. The molecule has 1 saturated heterocycles. The van der Waals surface area contributed by atoms with Gasteiger partial charge in [0.1, 0.15) is 0 Å². The first-order valence-corrected chi connectivity index (χ1v) is 9.48. The Morgan fingerprint density at radius 3 is 2.54 bits per heavy atom. The lowest BCUT2D eigenvalue weighted by molar-refractivity contribution is 0.198. The van der Waals surface area contributed by atoms with E-state index in [-0.39, 0.29) is 0 Å². The second-order valence-electron chi connectivity index (χ2n) is 7.56. The summed E-state index contributed by atoms with van der Waals surface area (Å²) in [5.74, 6) is 2.09. The third-order valence-corrected chi connectivity index (χ3v) is 5.48. The number of hydrogen-bond donors (Lipinski definition) is 0. The van der Waals surface area contributed by atoms with Crippen LogP contribution in [0.5, 0.6) is 0 Å². The maximum Gasteiger partial charge on any atom is 0.177 e. The van der Waals surface area contributed by atoms with Crippen molar-refractivity contribution in [2.45, 2.75) is 51.0 Å². The molecule has 0 amide bonds. The highest BCUT2D eigenvalue weighted by atomic mass is 15.4. The molecule has 0 unspecified atom stereocenters. The summed E-state index contributed by atoms with van der Waals surface area (Å²) in [6, 6.07) is 4.17. The van der Waals surface area contributed by atoms with Gasteiger partial charge in [-0.2, -0.15) is 9.61 Å². The van der Waals surface area contributed by atoms with Crippen molar-refractivity contribution in [1.82, 2.24) is 34.7 Å². The van der Waals surface area contributed by atoms with Crippen LogP contribution in [0, 0.1) is 6.92 Å². The first-order chi connectivity index (χ1) is 12.8. The minimum atomic E-state index is 0.423. The second kappa shape index (κ2) is 6.39. The van der Waals surface area contributed by atoms with E-state index >= 15 is 0 Å². The molecule has 134 valence electrons. The molecule has 4 heterocycles. The Labute approximate surface area is 152 Å². The fourth-order valence-corrected chi connectivity index (χ4v) is 3.75. The van der Waals surface area contributed by atoms with Gasteiger partial charge >= 0.3 is 0 Å². The van der Waals surface area contributed by atoms with E-state index in [0.717, 1.165) is 55.3 Å². The summed E-state index contributed by atoms with van der Waals surface area (Å²) >= 11 is 0.